The summed E-state index contributed by atoms with van der Waals surface area (Å²) in [6.45, 7) is 43.5. The first kappa shape index (κ1) is 54.7. The lowest BCUT2D eigenvalue weighted by Crippen LogP contribution is -2.56. The number of allylic oxidation sites excluding steroid dienone is 4. The predicted octanol–water partition coefficient (Wildman–Crippen LogP) is 15.5. The summed E-state index contributed by atoms with van der Waals surface area (Å²) < 4.78 is 40.1. The maximum atomic E-state index is 14.4. The van der Waals surface area contributed by atoms with Crippen LogP contribution in [0, 0.1) is 27.1 Å². The molecular weight excluding hydrogens is 889 g/mol. The number of benzene rings is 3. The topological polar surface area (TPSA) is 114 Å². The summed E-state index contributed by atoms with van der Waals surface area (Å²) in [6, 6.07) is 24.3. The number of carbonyl (C=O) groups is 1. The molecule has 0 saturated heterocycles. The van der Waals surface area contributed by atoms with Gasteiger partial charge in [0, 0.05) is 34.7 Å². The molecule has 1 aliphatic rings. The SMILES string of the molecule is C=C/C=C(\C=C)c1cc2ccc(OC3(C)CC(C)(C)C(OC(C)(C)CC(C)(C)OC(=O)C(C)(CC(C)(C)C)C(C)(C)C)C3(C)CC(C)(C)Oc3ccc4cc(-c5ccccc5)c(=O)oc4c3)cc2oc1=O. The van der Waals surface area contributed by atoms with Gasteiger partial charge in [0.05, 0.1) is 28.2 Å². The monoisotopic (exact) mass is 969 g/mol. The summed E-state index contributed by atoms with van der Waals surface area (Å²) in [5.74, 6) is 0.864. The molecule has 4 atom stereocenters. The lowest BCUT2D eigenvalue weighted by Gasteiger charge is -2.50. The van der Waals surface area contributed by atoms with Crippen molar-refractivity contribution in [2.24, 2.45) is 27.1 Å². The van der Waals surface area contributed by atoms with Gasteiger partial charge in [0.15, 0.2) is 0 Å². The smallest absolute Gasteiger partial charge is 0.344 e. The number of ether oxygens (including phenoxy) is 4. The largest absolute Gasteiger partial charge is 0.488 e. The molecule has 9 nitrogen and oxygen atoms in total. The number of carbonyl (C=O) groups excluding carboxylic acids is 1. The van der Waals surface area contributed by atoms with Crippen molar-refractivity contribution in [3.63, 3.8) is 0 Å². The third kappa shape index (κ3) is 11.8. The van der Waals surface area contributed by atoms with E-state index < -0.39 is 56.0 Å². The van der Waals surface area contributed by atoms with Crippen LogP contribution in [0.3, 0.4) is 0 Å². The second kappa shape index (κ2) is 19.1. The Bertz CT molecular complexity index is 2950. The van der Waals surface area contributed by atoms with E-state index in [1.165, 1.54) is 0 Å². The highest BCUT2D eigenvalue weighted by Gasteiger charge is 2.67. The van der Waals surface area contributed by atoms with E-state index in [2.05, 4.69) is 110 Å². The zero-order valence-electron chi connectivity index (χ0n) is 45.7. The van der Waals surface area contributed by atoms with Crippen molar-refractivity contribution in [3.8, 4) is 22.6 Å². The van der Waals surface area contributed by atoms with Crippen LogP contribution in [0.25, 0.3) is 38.6 Å². The van der Waals surface area contributed by atoms with E-state index in [9.17, 15) is 14.4 Å². The molecule has 0 aliphatic heterocycles. The maximum Gasteiger partial charge on any atom is 0.344 e. The molecule has 5 aromatic rings. The van der Waals surface area contributed by atoms with Crippen molar-refractivity contribution in [2.75, 3.05) is 0 Å². The van der Waals surface area contributed by atoms with Crippen LogP contribution >= 0.6 is 0 Å². The van der Waals surface area contributed by atoms with E-state index in [0.29, 0.717) is 65.0 Å². The molecule has 0 amide bonds. The Morgan fingerprint density at radius 1 is 0.704 bits per heavy atom. The van der Waals surface area contributed by atoms with Crippen molar-refractivity contribution >= 4 is 33.5 Å². The molecule has 6 rings (SSSR count). The molecule has 3 aromatic carbocycles. The fourth-order valence-corrected chi connectivity index (χ4v) is 11.7. The molecular formula is C62H80O9. The van der Waals surface area contributed by atoms with Crippen LogP contribution < -0.4 is 20.7 Å². The van der Waals surface area contributed by atoms with Gasteiger partial charge in [-0.05, 0) is 138 Å². The van der Waals surface area contributed by atoms with Crippen molar-refractivity contribution in [3.05, 3.63) is 137 Å². The summed E-state index contributed by atoms with van der Waals surface area (Å²) in [5, 5.41) is 1.51. The molecule has 1 fully saturated rings. The van der Waals surface area contributed by atoms with Gasteiger partial charge in [-0.1, -0.05) is 124 Å². The molecule has 382 valence electrons. The molecule has 0 bridgehead atoms. The van der Waals surface area contributed by atoms with Gasteiger partial charge in [-0.2, -0.15) is 0 Å². The molecule has 71 heavy (non-hydrogen) atoms. The van der Waals surface area contributed by atoms with Crippen LogP contribution in [0.5, 0.6) is 11.5 Å². The number of hydrogen-bond donors (Lipinski definition) is 0. The normalized spacial score (nSPS) is 20.9. The molecule has 0 N–H and O–H groups in total. The van der Waals surface area contributed by atoms with E-state index in [1.54, 1.807) is 36.4 Å². The lowest BCUT2D eigenvalue weighted by atomic mass is 9.61. The van der Waals surface area contributed by atoms with Crippen LogP contribution in [-0.4, -0.2) is 34.5 Å². The van der Waals surface area contributed by atoms with Gasteiger partial charge in [0.25, 0.3) is 0 Å². The van der Waals surface area contributed by atoms with Gasteiger partial charge in [0.2, 0.25) is 0 Å². The fourth-order valence-electron chi connectivity index (χ4n) is 11.7. The van der Waals surface area contributed by atoms with Crippen LogP contribution in [-0.2, 0) is 14.3 Å². The van der Waals surface area contributed by atoms with Gasteiger partial charge < -0.3 is 27.8 Å². The predicted molar refractivity (Wildman–Crippen MR) is 289 cm³/mol. The van der Waals surface area contributed by atoms with Crippen LogP contribution in [0.4, 0.5) is 0 Å². The molecule has 0 spiro atoms. The molecule has 1 aliphatic carbocycles. The number of hydrogen-bond acceptors (Lipinski definition) is 9. The highest BCUT2D eigenvalue weighted by Crippen LogP contribution is 2.62. The van der Waals surface area contributed by atoms with E-state index >= 15 is 0 Å². The summed E-state index contributed by atoms with van der Waals surface area (Å²) >= 11 is 0. The Hall–Kier alpha value is -5.67. The highest BCUT2D eigenvalue weighted by atomic mass is 16.6. The minimum Gasteiger partial charge on any atom is -0.488 e. The van der Waals surface area contributed by atoms with Gasteiger partial charge in [-0.25, -0.2) is 9.59 Å². The minimum atomic E-state index is -0.887. The fraction of sp³-hybridized carbons (Fsp3) is 0.500. The Balaban J connectivity index is 1.37. The Labute approximate surface area is 422 Å². The van der Waals surface area contributed by atoms with Crippen LogP contribution in [0.1, 0.15) is 149 Å². The lowest BCUT2D eigenvalue weighted by molar-refractivity contribution is -0.203. The Morgan fingerprint density at radius 2 is 1.28 bits per heavy atom. The number of esters is 1. The Kier molecular flexibility index (Phi) is 14.7. The zero-order chi connectivity index (χ0) is 53.0. The van der Waals surface area contributed by atoms with Gasteiger partial charge >= 0.3 is 17.2 Å². The van der Waals surface area contributed by atoms with Crippen LogP contribution in [0.15, 0.2) is 129 Å². The number of rotatable bonds is 17. The first-order chi connectivity index (χ1) is 32.6. The first-order valence-electron chi connectivity index (χ1n) is 25.0. The summed E-state index contributed by atoms with van der Waals surface area (Å²) in [5.41, 5.74) is -3.66. The van der Waals surface area contributed by atoms with Gasteiger partial charge in [-0.15, -0.1) is 0 Å². The second-order valence-electron chi connectivity index (χ2n) is 25.6. The van der Waals surface area contributed by atoms with Crippen LogP contribution in [0.2, 0.25) is 0 Å². The Morgan fingerprint density at radius 3 is 1.86 bits per heavy atom. The van der Waals surface area contributed by atoms with Gasteiger partial charge in [-0.3, -0.25) is 4.79 Å². The third-order valence-corrected chi connectivity index (χ3v) is 14.8. The zero-order valence-corrected chi connectivity index (χ0v) is 45.7. The molecule has 0 radical (unpaired) electrons. The van der Waals surface area contributed by atoms with E-state index in [-0.39, 0.29) is 16.8 Å². The number of fused-ring (bicyclic) bond motifs is 2. The molecule has 1 saturated carbocycles. The van der Waals surface area contributed by atoms with Crippen molar-refractivity contribution in [1.29, 1.82) is 0 Å². The van der Waals surface area contributed by atoms with Crippen molar-refractivity contribution in [1.82, 2.24) is 0 Å². The summed E-state index contributed by atoms with van der Waals surface area (Å²) in [4.78, 5) is 41.0. The van der Waals surface area contributed by atoms with Crippen molar-refractivity contribution in [2.45, 2.75) is 172 Å². The average molecular weight is 969 g/mol. The van der Waals surface area contributed by atoms with E-state index in [1.807, 2.05) is 81.4 Å². The molecule has 9 heteroatoms. The quantitative estimate of drug-likeness (QED) is 0.0510. The third-order valence-electron chi connectivity index (χ3n) is 14.8. The van der Waals surface area contributed by atoms with E-state index in [0.717, 1.165) is 16.3 Å². The molecule has 4 unspecified atom stereocenters. The summed E-state index contributed by atoms with van der Waals surface area (Å²) in [7, 11) is 0. The van der Waals surface area contributed by atoms with Crippen molar-refractivity contribution < 1.29 is 32.6 Å². The van der Waals surface area contributed by atoms with E-state index in [4.69, 9.17) is 27.8 Å². The second-order valence-corrected chi connectivity index (χ2v) is 25.6. The first-order valence-corrected chi connectivity index (χ1v) is 25.0. The average Bonchev–Trinajstić information content (AvgIpc) is 3.35. The highest BCUT2D eigenvalue weighted by molar-refractivity contribution is 5.85. The standard InChI is InChI=1S/C62H80O9/c1-20-25-40(21-2)46-32-42-29-31-45(35-49(42)66-50(46)63)69-62(19)37-56(9,10)52(70-57(11,12)38-58(13,14)71-53(65)61(18,55(6,7)8)36-54(3,4)5)60(62,17)39-59(15,16)68-44-30-28-43-33-47(41-26-23-22-24-27-41)51(64)67-48(43)34-44/h20-35,52H,1-2,36-39H2,3-19H3/b40-25+. The summed E-state index contributed by atoms with van der Waals surface area (Å²) in [6.07, 6.45) is 6.64. The molecule has 2 aromatic heterocycles. The maximum absolute atomic E-state index is 14.4. The molecule has 2 heterocycles. The van der Waals surface area contributed by atoms with Gasteiger partial charge in [0.1, 0.15) is 39.5 Å². The minimum absolute atomic E-state index is 0.0997.